The lowest BCUT2D eigenvalue weighted by Gasteiger charge is -2.10. The SMILES string of the molecule is Cc1ccc2nc(SCC(=O)N3CCC(c4ccccc4)=N3)[nH]c2c1. The molecule has 0 unspecified atom stereocenters. The van der Waals surface area contributed by atoms with Crippen molar-refractivity contribution >= 4 is 34.4 Å². The Labute approximate surface area is 150 Å². The number of aryl methyl sites for hydroxylation is 1. The van der Waals surface area contributed by atoms with Gasteiger partial charge in [0.25, 0.3) is 5.91 Å². The Balaban J connectivity index is 1.41. The lowest BCUT2D eigenvalue weighted by atomic mass is 10.1. The predicted molar refractivity (Wildman–Crippen MR) is 101 cm³/mol. The van der Waals surface area contributed by atoms with Gasteiger partial charge in [-0.1, -0.05) is 48.2 Å². The smallest absolute Gasteiger partial charge is 0.253 e. The number of aromatic nitrogens is 2. The quantitative estimate of drug-likeness (QED) is 0.731. The molecule has 0 fully saturated rings. The van der Waals surface area contributed by atoms with Gasteiger partial charge < -0.3 is 4.98 Å². The lowest BCUT2D eigenvalue weighted by molar-refractivity contribution is -0.127. The molecule has 3 aromatic rings. The summed E-state index contributed by atoms with van der Waals surface area (Å²) in [6, 6.07) is 16.1. The van der Waals surface area contributed by atoms with Crippen LogP contribution < -0.4 is 0 Å². The van der Waals surface area contributed by atoms with Crippen molar-refractivity contribution in [1.82, 2.24) is 15.0 Å². The summed E-state index contributed by atoms with van der Waals surface area (Å²) in [5.41, 5.74) is 5.16. The lowest BCUT2D eigenvalue weighted by Crippen LogP contribution is -2.25. The van der Waals surface area contributed by atoms with Gasteiger partial charge in [0.2, 0.25) is 0 Å². The van der Waals surface area contributed by atoms with E-state index in [4.69, 9.17) is 0 Å². The maximum Gasteiger partial charge on any atom is 0.253 e. The van der Waals surface area contributed by atoms with Crippen LogP contribution in [0.1, 0.15) is 17.5 Å². The van der Waals surface area contributed by atoms with Gasteiger partial charge in [-0.3, -0.25) is 4.79 Å². The second-order valence-corrected chi connectivity index (χ2v) is 6.99. The fourth-order valence-electron chi connectivity index (χ4n) is 2.84. The third-order valence-corrected chi connectivity index (χ3v) is 5.00. The molecular weight excluding hydrogens is 332 g/mol. The minimum Gasteiger partial charge on any atom is -0.333 e. The number of H-pyrrole nitrogens is 1. The van der Waals surface area contributed by atoms with E-state index in [-0.39, 0.29) is 5.91 Å². The molecule has 0 aliphatic carbocycles. The summed E-state index contributed by atoms with van der Waals surface area (Å²) in [6.07, 6.45) is 0.796. The number of carbonyl (C=O) groups excluding carboxylic acids is 1. The first kappa shape index (κ1) is 15.9. The average Bonchev–Trinajstić information content (AvgIpc) is 3.27. The molecule has 5 nitrogen and oxygen atoms in total. The number of fused-ring (bicyclic) bond motifs is 1. The van der Waals surface area contributed by atoms with Crippen molar-refractivity contribution in [3.05, 3.63) is 59.7 Å². The number of nitrogens with one attached hydrogen (secondary N) is 1. The minimum absolute atomic E-state index is 0.00701. The molecule has 2 heterocycles. The van der Waals surface area contributed by atoms with E-state index in [9.17, 15) is 4.79 Å². The molecule has 0 spiro atoms. The maximum atomic E-state index is 12.4. The van der Waals surface area contributed by atoms with E-state index in [0.29, 0.717) is 12.3 Å². The summed E-state index contributed by atoms with van der Waals surface area (Å²) in [5, 5.41) is 6.82. The molecule has 6 heteroatoms. The number of rotatable bonds is 4. The molecule has 0 saturated heterocycles. The molecule has 0 atom stereocenters. The van der Waals surface area contributed by atoms with Crippen molar-refractivity contribution in [2.45, 2.75) is 18.5 Å². The first-order valence-corrected chi connectivity index (χ1v) is 9.20. The van der Waals surface area contributed by atoms with Gasteiger partial charge in [0.1, 0.15) is 0 Å². The number of hydrogen-bond donors (Lipinski definition) is 1. The van der Waals surface area contributed by atoms with Gasteiger partial charge in [-0.2, -0.15) is 5.10 Å². The molecule has 1 amide bonds. The van der Waals surface area contributed by atoms with E-state index in [0.717, 1.165) is 33.9 Å². The number of amides is 1. The van der Waals surface area contributed by atoms with Crippen molar-refractivity contribution < 1.29 is 4.79 Å². The van der Waals surface area contributed by atoms with Crippen LogP contribution in [0.4, 0.5) is 0 Å². The van der Waals surface area contributed by atoms with Crippen LogP contribution in [0.15, 0.2) is 58.8 Å². The molecule has 2 aromatic carbocycles. The average molecular weight is 350 g/mol. The monoisotopic (exact) mass is 350 g/mol. The van der Waals surface area contributed by atoms with Crippen LogP contribution in [-0.4, -0.2) is 38.9 Å². The minimum atomic E-state index is 0.00701. The van der Waals surface area contributed by atoms with Gasteiger partial charge in [-0.25, -0.2) is 9.99 Å². The Morgan fingerprint density at radius 3 is 2.92 bits per heavy atom. The van der Waals surface area contributed by atoms with Crippen LogP contribution in [0.2, 0.25) is 0 Å². The zero-order valence-electron chi connectivity index (χ0n) is 13.9. The van der Waals surface area contributed by atoms with E-state index < -0.39 is 0 Å². The van der Waals surface area contributed by atoms with Gasteiger partial charge >= 0.3 is 0 Å². The number of hydrogen-bond acceptors (Lipinski definition) is 4. The van der Waals surface area contributed by atoms with Crippen LogP contribution in [0.5, 0.6) is 0 Å². The normalized spacial score (nSPS) is 14.1. The molecular formula is C19H18N4OS. The molecule has 1 aliphatic rings. The Hall–Kier alpha value is -2.60. The van der Waals surface area contributed by atoms with Gasteiger partial charge in [-0.05, 0) is 30.2 Å². The summed E-state index contributed by atoms with van der Waals surface area (Å²) in [5.74, 6) is 0.331. The first-order valence-electron chi connectivity index (χ1n) is 8.21. The van der Waals surface area contributed by atoms with E-state index in [2.05, 4.69) is 21.1 Å². The highest BCUT2D eigenvalue weighted by atomic mass is 32.2. The summed E-state index contributed by atoms with van der Waals surface area (Å²) in [7, 11) is 0. The fraction of sp³-hybridized carbons (Fsp3) is 0.211. The molecule has 0 radical (unpaired) electrons. The van der Waals surface area contributed by atoms with Crippen molar-refractivity contribution in [1.29, 1.82) is 0 Å². The van der Waals surface area contributed by atoms with E-state index in [1.807, 2.05) is 49.4 Å². The Kier molecular flexibility index (Phi) is 4.28. The molecule has 4 rings (SSSR count). The van der Waals surface area contributed by atoms with Crippen LogP contribution >= 0.6 is 11.8 Å². The summed E-state index contributed by atoms with van der Waals surface area (Å²) in [6.45, 7) is 2.69. The van der Waals surface area contributed by atoms with Crippen LogP contribution in [0.25, 0.3) is 11.0 Å². The zero-order chi connectivity index (χ0) is 17.2. The Morgan fingerprint density at radius 1 is 1.24 bits per heavy atom. The third kappa shape index (κ3) is 3.44. The Morgan fingerprint density at radius 2 is 2.08 bits per heavy atom. The molecule has 126 valence electrons. The predicted octanol–water partition coefficient (Wildman–Crippen LogP) is 3.60. The fourth-order valence-corrected chi connectivity index (χ4v) is 3.60. The summed E-state index contributed by atoms with van der Waals surface area (Å²) < 4.78 is 0. The molecule has 25 heavy (non-hydrogen) atoms. The number of carbonyl (C=O) groups is 1. The highest BCUT2D eigenvalue weighted by molar-refractivity contribution is 7.99. The molecule has 0 saturated carbocycles. The summed E-state index contributed by atoms with van der Waals surface area (Å²) in [4.78, 5) is 20.2. The van der Waals surface area contributed by atoms with Crippen molar-refractivity contribution in [2.24, 2.45) is 5.10 Å². The van der Waals surface area contributed by atoms with E-state index >= 15 is 0 Å². The van der Waals surface area contributed by atoms with Crippen LogP contribution in [0.3, 0.4) is 0 Å². The van der Waals surface area contributed by atoms with Crippen molar-refractivity contribution in [2.75, 3.05) is 12.3 Å². The number of nitrogens with zero attached hydrogens (tertiary/aromatic N) is 3. The molecule has 1 aliphatic heterocycles. The van der Waals surface area contributed by atoms with Crippen LogP contribution in [-0.2, 0) is 4.79 Å². The number of aromatic amines is 1. The second-order valence-electron chi connectivity index (χ2n) is 6.03. The number of benzene rings is 2. The first-order chi connectivity index (χ1) is 12.2. The number of thioether (sulfide) groups is 1. The van der Waals surface area contributed by atoms with Crippen molar-refractivity contribution in [3.63, 3.8) is 0 Å². The molecule has 1 N–H and O–H groups in total. The topological polar surface area (TPSA) is 61.4 Å². The summed E-state index contributed by atoms with van der Waals surface area (Å²) >= 11 is 1.42. The van der Waals surface area contributed by atoms with Crippen LogP contribution in [0, 0.1) is 6.92 Å². The van der Waals surface area contributed by atoms with E-state index in [1.165, 1.54) is 17.3 Å². The van der Waals surface area contributed by atoms with Gasteiger partial charge in [0, 0.05) is 6.42 Å². The molecule has 0 bridgehead atoms. The highest BCUT2D eigenvalue weighted by Gasteiger charge is 2.21. The second kappa shape index (κ2) is 6.72. The molecule has 1 aromatic heterocycles. The number of imidazole rings is 1. The third-order valence-electron chi connectivity index (χ3n) is 4.14. The van der Waals surface area contributed by atoms with Gasteiger partial charge in [-0.15, -0.1) is 0 Å². The largest absolute Gasteiger partial charge is 0.333 e. The van der Waals surface area contributed by atoms with Gasteiger partial charge in [0.15, 0.2) is 5.16 Å². The standard InChI is InChI=1S/C19H18N4OS/c1-13-7-8-16-17(11-13)21-19(20-16)25-12-18(24)23-10-9-15(22-23)14-5-3-2-4-6-14/h2-8,11H,9-10,12H2,1H3,(H,20,21). The highest BCUT2D eigenvalue weighted by Crippen LogP contribution is 2.22. The maximum absolute atomic E-state index is 12.4. The van der Waals surface area contributed by atoms with E-state index in [1.54, 1.807) is 5.01 Å². The van der Waals surface area contributed by atoms with Crippen molar-refractivity contribution in [3.8, 4) is 0 Å². The zero-order valence-corrected chi connectivity index (χ0v) is 14.7. The van der Waals surface area contributed by atoms with Gasteiger partial charge in [0.05, 0.1) is 29.0 Å². The Bertz CT molecular complexity index is 948. The number of hydrazone groups is 1.